The van der Waals surface area contributed by atoms with E-state index in [2.05, 4.69) is 21.2 Å². The monoisotopic (exact) mass is 350 g/mol. The molecule has 0 bridgehead atoms. The van der Waals surface area contributed by atoms with Crippen molar-refractivity contribution in [3.63, 3.8) is 0 Å². The molecular weight excluding hydrogens is 335 g/mol. The average Bonchev–Trinajstić information content (AvgIpc) is 2.34. The van der Waals surface area contributed by atoms with Gasteiger partial charge >= 0.3 is 5.69 Å². The van der Waals surface area contributed by atoms with E-state index in [4.69, 9.17) is 4.74 Å². The summed E-state index contributed by atoms with van der Waals surface area (Å²) in [7, 11) is 0. The maximum Gasteiger partial charge on any atom is 0.315 e. The van der Waals surface area contributed by atoms with Crippen LogP contribution in [0.15, 0.2) is 16.6 Å². The third-order valence-corrected chi connectivity index (χ3v) is 3.06. The van der Waals surface area contributed by atoms with Crippen molar-refractivity contribution in [2.45, 2.75) is 19.4 Å². The van der Waals surface area contributed by atoms with Gasteiger partial charge in [0.15, 0.2) is 0 Å². The number of hydrogen-bond acceptors (Lipinski definition) is 5. The predicted molar refractivity (Wildman–Crippen MR) is 75.4 cm³/mol. The maximum absolute atomic E-state index is 13.2. The molecule has 1 unspecified atom stereocenters. The summed E-state index contributed by atoms with van der Waals surface area (Å²) in [4.78, 5) is 10.2. The van der Waals surface area contributed by atoms with E-state index in [1.165, 1.54) is 0 Å². The van der Waals surface area contributed by atoms with Crippen molar-refractivity contribution in [1.29, 1.82) is 0 Å². The number of nitro groups is 1. The zero-order chi connectivity index (χ0) is 15.3. The van der Waals surface area contributed by atoms with Gasteiger partial charge in [0.05, 0.1) is 15.5 Å². The van der Waals surface area contributed by atoms with Crippen molar-refractivity contribution >= 4 is 21.6 Å². The van der Waals surface area contributed by atoms with E-state index in [9.17, 15) is 19.6 Å². The highest BCUT2D eigenvalue weighted by Gasteiger charge is 2.25. The predicted octanol–water partition coefficient (Wildman–Crippen LogP) is 2.24. The van der Waals surface area contributed by atoms with Crippen LogP contribution in [0, 0.1) is 15.9 Å². The minimum atomic E-state index is -1.20. The molecule has 20 heavy (non-hydrogen) atoms. The van der Waals surface area contributed by atoms with Gasteiger partial charge in [0.1, 0.15) is 18.0 Å². The molecular formula is C12H16BrFN2O4. The van der Waals surface area contributed by atoms with Gasteiger partial charge in [0.25, 0.3) is 0 Å². The van der Waals surface area contributed by atoms with Gasteiger partial charge < -0.3 is 15.2 Å². The Labute approximate surface area is 124 Å². The molecule has 8 heteroatoms. The number of ether oxygens (including phenoxy) is 1. The number of nitro benzene ring substituents is 1. The molecule has 1 atom stereocenters. The summed E-state index contributed by atoms with van der Waals surface area (Å²) in [5.41, 5.74) is -1.69. The third-order valence-electron chi connectivity index (χ3n) is 2.47. The highest BCUT2D eigenvalue weighted by Crippen LogP contribution is 2.36. The molecule has 1 aromatic carbocycles. The Morgan fingerprint density at radius 1 is 1.60 bits per heavy atom. The Kier molecular flexibility index (Phi) is 5.85. The van der Waals surface area contributed by atoms with Crippen LogP contribution in [0.1, 0.15) is 13.8 Å². The highest BCUT2D eigenvalue weighted by molar-refractivity contribution is 9.10. The minimum Gasteiger partial charge on any atom is -0.483 e. The molecule has 1 aromatic rings. The van der Waals surface area contributed by atoms with Crippen molar-refractivity contribution in [2.24, 2.45) is 0 Å². The number of nitrogens with zero attached hydrogens (tertiary/aromatic N) is 1. The summed E-state index contributed by atoms with van der Waals surface area (Å²) in [5.74, 6) is -0.844. The molecule has 0 fully saturated rings. The second kappa shape index (κ2) is 6.96. The average molecular weight is 351 g/mol. The smallest absolute Gasteiger partial charge is 0.315 e. The summed E-state index contributed by atoms with van der Waals surface area (Å²) < 4.78 is 18.6. The van der Waals surface area contributed by atoms with Crippen LogP contribution in [0.3, 0.4) is 0 Å². The van der Waals surface area contributed by atoms with Crippen molar-refractivity contribution in [3.05, 3.63) is 32.5 Å². The molecule has 0 spiro atoms. The van der Waals surface area contributed by atoms with Crippen molar-refractivity contribution in [2.75, 3.05) is 19.7 Å². The number of likely N-dealkylation sites (N-methyl/N-ethyl adjacent to an activating group) is 1. The highest BCUT2D eigenvalue weighted by atomic mass is 79.9. The van der Waals surface area contributed by atoms with Crippen molar-refractivity contribution < 1.29 is 19.2 Å². The van der Waals surface area contributed by atoms with Crippen LogP contribution in [0.2, 0.25) is 0 Å². The lowest BCUT2D eigenvalue weighted by Crippen LogP contribution is -2.42. The molecule has 0 aliphatic heterocycles. The van der Waals surface area contributed by atoms with Gasteiger partial charge in [0, 0.05) is 6.54 Å². The molecule has 2 N–H and O–H groups in total. The molecule has 0 heterocycles. The molecule has 0 aliphatic carbocycles. The summed E-state index contributed by atoms with van der Waals surface area (Å²) >= 11 is 3.02. The number of nitrogens with one attached hydrogen (secondary N) is 1. The largest absolute Gasteiger partial charge is 0.483 e. The molecule has 6 nitrogen and oxygen atoms in total. The first-order chi connectivity index (χ1) is 9.26. The van der Waals surface area contributed by atoms with Gasteiger partial charge in [0.2, 0.25) is 5.75 Å². The van der Waals surface area contributed by atoms with E-state index in [0.717, 1.165) is 12.1 Å². The fraction of sp³-hybridized carbons (Fsp3) is 0.500. The third kappa shape index (κ3) is 4.69. The first-order valence-electron chi connectivity index (χ1n) is 5.96. The van der Waals surface area contributed by atoms with Crippen LogP contribution >= 0.6 is 15.9 Å². The van der Waals surface area contributed by atoms with E-state index in [0.29, 0.717) is 6.54 Å². The minimum absolute atomic E-state index is 0.104. The van der Waals surface area contributed by atoms with Crippen molar-refractivity contribution in [1.82, 2.24) is 5.32 Å². The Bertz CT molecular complexity index is 497. The molecule has 0 saturated carbocycles. The number of hydrogen-bond donors (Lipinski definition) is 2. The van der Waals surface area contributed by atoms with Crippen LogP contribution in [-0.2, 0) is 0 Å². The van der Waals surface area contributed by atoms with Gasteiger partial charge in [-0.05, 0) is 35.5 Å². The lowest BCUT2D eigenvalue weighted by atomic mass is 10.1. The topological polar surface area (TPSA) is 84.6 Å². The van der Waals surface area contributed by atoms with E-state index in [1.54, 1.807) is 6.92 Å². The van der Waals surface area contributed by atoms with Crippen LogP contribution in [-0.4, -0.2) is 35.3 Å². The van der Waals surface area contributed by atoms with Crippen LogP contribution in [0.25, 0.3) is 0 Å². The SMILES string of the molecule is CCNCC(C)(O)COc1c(Br)cc(F)cc1[N+](=O)[O-]. The first-order valence-corrected chi connectivity index (χ1v) is 6.75. The first kappa shape index (κ1) is 16.8. The van der Waals surface area contributed by atoms with Crippen LogP contribution in [0.5, 0.6) is 5.75 Å². The van der Waals surface area contributed by atoms with E-state index in [-0.39, 0.29) is 23.4 Å². The molecule has 1 rings (SSSR count). The molecule has 112 valence electrons. The molecule has 0 aromatic heterocycles. The Hall–Kier alpha value is -1.25. The van der Waals surface area contributed by atoms with Crippen molar-refractivity contribution in [3.8, 4) is 5.75 Å². The summed E-state index contributed by atoms with van der Waals surface area (Å²) in [6.45, 7) is 4.22. The zero-order valence-corrected chi connectivity index (χ0v) is 12.7. The quantitative estimate of drug-likeness (QED) is 0.581. The van der Waals surface area contributed by atoms with Crippen LogP contribution < -0.4 is 10.1 Å². The molecule has 0 saturated heterocycles. The lowest BCUT2D eigenvalue weighted by molar-refractivity contribution is -0.386. The lowest BCUT2D eigenvalue weighted by Gasteiger charge is -2.23. The zero-order valence-electron chi connectivity index (χ0n) is 11.2. The Balaban J connectivity index is 2.89. The van der Waals surface area contributed by atoms with E-state index in [1.807, 2.05) is 6.92 Å². The van der Waals surface area contributed by atoms with Crippen LogP contribution in [0.4, 0.5) is 10.1 Å². The fourth-order valence-electron chi connectivity index (χ4n) is 1.50. The normalized spacial score (nSPS) is 13.8. The molecule has 0 radical (unpaired) electrons. The van der Waals surface area contributed by atoms with Gasteiger partial charge in [-0.1, -0.05) is 6.92 Å². The van der Waals surface area contributed by atoms with Gasteiger partial charge in [-0.25, -0.2) is 4.39 Å². The number of halogens is 2. The summed E-state index contributed by atoms with van der Waals surface area (Å²) in [6.07, 6.45) is 0. The number of benzene rings is 1. The second-order valence-corrected chi connectivity index (χ2v) is 5.41. The van der Waals surface area contributed by atoms with Gasteiger partial charge in [-0.2, -0.15) is 0 Å². The number of aliphatic hydroxyl groups is 1. The molecule has 0 amide bonds. The van der Waals surface area contributed by atoms with E-state index < -0.39 is 22.0 Å². The van der Waals surface area contributed by atoms with E-state index >= 15 is 0 Å². The van der Waals surface area contributed by atoms with Gasteiger partial charge in [-0.3, -0.25) is 10.1 Å². The Morgan fingerprint density at radius 2 is 2.25 bits per heavy atom. The standard InChI is InChI=1S/C12H16BrFN2O4/c1-3-15-6-12(2,17)7-20-11-9(13)4-8(14)5-10(11)16(18)19/h4-5,15,17H,3,6-7H2,1-2H3. The summed E-state index contributed by atoms with van der Waals surface area (Å²) in [5, 5.41) is 23.9. The summed E-state index contributed by atoms with van der Waals surface area (Å²) in [6, 6.07) is 1.85. The Morgan fingerprint density at radius 3 is 2.80 bits per heavy atom. The molecule has 0 aliphatic rings. The number of rotatable bonds is 7. The van der Waals surface area contributed by atoms with Gasteiger partial charge in [-0.15, -0.1) is 0 Å². The maximum atomic E-state index is 13.2. The fourth-order valence-corrected chi connectivity index (χ4v) is 2.03. The second-order valence-electron chi connectivity index (χ2n) is 4.56.